The van der Waals surface area contributed by atoms with Crippen LogP contribution in [0.5, 0.6) is 0 Å². The molecule has 0 aliphatic carbocycles. The highest BCUT2D eigenvalue weighted by molar-refractivity contribution is 5.14. The fraction of sp³-hybridized carbons (Fsp3) is 0.647. The first-order valence-corrected chi connectivity index (χ1v) is 8.10. The molecular formula is C17H27NO5. The molecule has 1 aliphatic heterocycles. The Morgan fingerprint density at radius 2 is 1.87 bits per heavy atom. The maximum Gasteiger partial charge on any atom is 0.175 e. The summed E-state index contributed by atoms with van der Waals surface area (Å²) < 4.78 is 10.7. The van der Waals surface area contributed by atoms with E-state index in [1.54, 1.807) is 0 Å². The number of aliphatic hydroxyl groups is 3. The van der Waals surface area contributed by atoms with Crippen molar-refractivity contribution >= 4 is 0 Å². The second-order valence-electron chi connectivity index (χ2n) is 5.86. The van der Waals surface area contributed by atoms with Crippen LogP contribution in [0, 0.1) is 0 Å². The molecule has 23 heavy (non-hydrogen) atoms. The van der Waals surface area contributed by atoms with Gasteiger partial charge in [-0.25, -0.2) is 0 Å². The summed E-state index contributed by atoms with van der Waals surface area (Å²) >= 11 is 0. The van der Waals surface area contributed by atoms with Crippen molar-refractivity contribution < 1.29 is 24.8 Å². The van der Waals surface area contributed by atoms with Crippen molar-refractivity contribution in [3.8, 4) is 0 Å². The third kappa shape index (κ3) is 4.97. The van der Waals surface area contributed by atoms with Crippen molar-refractivity contribution in [2.75, 3.05) is 20.3 Å². The number of aliphatic hydroxyl groups excluding tert-OH is 3. The molecule has 5 atom stereocenters. The maximum absolute atomic E-state index is 10.2. The van der Waals surface area contributed by atoms with Gasteiger partial charge in [0, 0.05) is 7.11 Å². The average Bonchev–Trinajstić information content (AvgIpc) is 2.59. The lowest BCUT2D eigenvalue weighted by molar-refractivity contribution is -0.263. The smallest absolute Gasteiger partial charge is 0.175 e. The minimum atomic E-state index is -1.13. The maximum atomic E-state index is 10.2. The van der Waals surface area contributed by atoms with E-state index in [0.29, 0.717) is 6.54 Å². The third-order valence-corrected chi connectivity index (χ3v) is 4.23. The number of nitrogens with one attached hydrogen (secondary N) is 1. The lowest BCUT2D eigenvalue weighted by atomic mass is 9.97. The van der Waals surface area contributed by atoms with Gasteiger partial charge >= 0.3 is 0 Å². The van der Waals surface area contributed by atoms with Gasteiger partial charge in [0.1, 0.15) is 18.3 Å². The van der Waals surface area contributed by atoms with Crippen LogP contribution in [-0.2, 0) is 15.9 Å². The standard InChI is InChI=1S/C17H27NO5/c1-22-17-14(16(21)15(20)13(11-19)23-17)18-10-6-5-9-12-7-3-2-4-8-12/h2-4,7-8,13-21H,5-6,9-11H2,1H3/t13-,14-,15-,16-,17+/m1/s1. The lowest BCUT2D eigenvalue weighted by Crippen LogP contribution is -2.63. The van der Waals surface area contributed by atoms with Crippen molar-refractivity contribution in [3.05, 3.63) is 35.9 Å². The minimum absolute atomic E-state index is 0.359. The van der Waals surface area contributed by atoms with E-state index in [-0.39, 0.29) is 6.61 Å². The topological polar surface area (TPSA) is 91.2 Å². The van der Waals surface area contributed by atoms with Gasteiger partial charge in [-0.1, -0.05) is 30.3 Å². The fourth-order valence-electron chi connectivity index (χ4n) is 2.87. The number of aryl methyl sites for hydroxylation is 1. The molecule has 130 valence electrons. The molecule has 0 radical (unpaired) electrons. The van der Waals surface area contributed by atoms with Crippen LogP contribution in [0.4, 0.5) is 0 Å². The predicted molar refractivity (Wildman–Crippen MR) is 85.9 cm³/mol. The van der Waals surface area contributed by atoms with Crippen molar-refractivity contribution in [2.24, 2.45) is 0 Å². The number of rotatable bonds is 8. The van der Waals surface area contributed by atoms with Gasteiger partial charge in [0.25, 0.3) is 0 Å². The summed E-state index contributed by atoms with van der Waals surface area (Å²) in [4.78, 5) is 0. The number of unbranched alkanes of at least 4 members (excludes halogenated alkanes) is 1. The molecule has 1 aliphatic rings. The highest BCUT2D eigenvalue weighted by Crippen LogP contribution is 2.21. The minimum Gasteiger partial charge on any atom is -0.394 e. The second-order valence-corrected chi connectivity index (χ2v) is 5.86. The number of hydrogen-bond donors (Lipinski definition) is 4. The van der Waals surface area contributed by atoms with E-state index in [1.165, 1.54) is 12.7 Å². The zero-order chi connectivity index (χ0) is 16.7. The molecule has 1 aromatic carbocycles. The van der Waals surface area contributed by atoms with Crippen LogP contribution in [0.25, 0.3) is 0 Å². The Morgan fingerprint density at radius 3 is 2.52 bits per heavy atom. The number of methoxy groups -OCH3 is 1. The Hall–Kier alpha value is -1.02. The van der Waals surface area contributed by atoms with Gasteiger partial charge in [-0.3, -0.25) is 0 Å². The van der Waals surface area contributed by atoms with Crippen LogP contribution in [-0.4, -0.2) is 66.2 Å². The summed E-state index contributed by atoms with van der Waals surface area (Å²) in [6.45, 7) is 0.330. The molecule has 0 aromatic heterocycles. The Bertz CT molecular complexity index is 442. The van der Waals surface area contributed by atoms with E-state index < -0.39 is 30.6 Å². The highest BCUT2D eigenvalue weighted by atomic mass is 16.7. The molecule has 2 rings (SSSR count). The van der Waals surface area contributed by atoms with Gasteiger partial charge < -0.3 is 30.1 Å². The molecule has 0 amide bonds. The number of benzene rings is 1. The predicted octanol–water partition coefficient (Wildman–Crippen LogP) is 0.0529. The number of ether oxygens (including phenoxy) is 2. The van der Waals surface area contributed by atoms with Gasteiger partial charge in [0.15, 0.2) is 6.29 Å². The Balaban J connectivity index is 1.75. The van der Waals surface area contributed by atoms with Crippen LogP contribution in [0.3, 0.4) is 0 Å². The van der Waals surface area contributed by atoms with Gasteiger partial charge in [-0.15, -0.1) is 0 Å². The average molecular weight is 325 g/mol. The van der Waals surface area contributed by atoms with Gasteiger partial charge in [-0.05, 0) is 31.4 Å². The van der Waals surface area contributed by atoms with E-state index in [1.807, 2.05) is 18.2 Å². The molecule has 1 fully saturated rings. The first-order chi connectivity index (χ1) is 11.2. The summed E-state index contributed by atoms with van der Waals surface area (Å²) in [5.74, 6) is 0. The summed E-state index contributed by atoms with van der Waals surface area (Å²) in [6, 6.07) is 9.77. The van der Waals surface area contributed by atoms with Crippen LogP contribution >= 0.6 is 0 Å². The van der Waals surface area contributed by atoms with Crippen molar-refractivity contribution in [2.45, 2.75) is 49.9 Å². The first-order valence-electron chi connectivity index (χ1n) is 8.10. The normalized spacial score (nSPS) is 31.2. The van der Waals surface area contributed by atoms with E-state index in [2.05, 4.69) is 17.4 Å². The molecule has 4 N–H and O–H groups in total. The zero-order valence-electron chi connectivity index (χ0n) is 13.5. The van der Waals surface area contributed by atoms with Gasteiger partial charge in [-0.2, -0.15) is 0 Å². The van der Waals surface area contributed by atoms with E-state index in [9.17, 15) is 10.2 Å². The van der Waals surface area contributed by atoms with Crippen LogP contribution in [0.1, 0.15) is 18.4 Å². The van der Waals surface area contributed by atoms with Crippen LogP contribution in [0.2, 0.25) is 0 Å². The largest absolute Gasteiger partial charge is 0.394 e. The van der Waals surface area contributed by atoms with Crippen LogP contribution < -0.4 is 5.32 Å². The van der Waals surface area contributed by atoms with Crippen LogP contribution in [0.15, 0.2) is 30.3 Å². The van der Waals surface area contributed by atoms with Crippen molar-refractivity contribution in [3.63, 3.8) is 0 Å². The quantitative estimate of drug-likeness (QED) is 0.505. The van der Waals surface area contributed by atoms with E-state index in [0.717, 1.165) is 19.3 Å². The third-order valence-electron chi connectivity index (χ3n) is 4.23. The second kappa shape index (κ2) is 9.32. The molecular weight excluding hydrogens is 298 g/mol. The molecule has 1 heterocycles. The highest BCUT2D eigenvalue weighted by Gasteiger charge is 2.44. The molecule has 6 nitrogen and oxygen atoms in total. The first kappa shape index (κ1) is 18.3. The lowest BCUT2D eigenvalue weighted by Gasteiger charge is -2.42. The molecule has 0 unspecified atom stereocenters. The van der Waals surface area contributed by atoms with Crippen molar-refractivity contribution in [1.29, 1.82) is 0 Å². The van der Waals surface area contributed by atoms with E-state index >= 15 is 0 Å². The molecule has 0 bridgehead atoms. The summed E-state index contributed by atoms with van der Waals surface area (Å²) in [6.07, 6.45) is -0.720. The fourth-order valence-corrected chi connectivity index (χ4v) is 2.87. The molecule has 0 spiro atoms. The Labute approximate surface area is 137 Å². The Kier molecular flexibility index (Phi) is 7.42. The molecule has 1 aromatic rings. The summed E-state index contributed by atoms with van der Waals surface area (Å²) in [5, 5.41) is 32.5. The molecule has 1 saturated heterocycles. The number of hydrogen-bond acceptors (Lipinski definition) is 6. The molecule has 6 heteroatoms. The van der Waals surface area contributed by atoms with Gasteiger partial charge in [0.2, 0.25) is 0 Å². The van der Waals surface area contributed by atoms with E-state index in [4.69, 9.17) is 14.6 Å². The van der Waals surface area contributed by atoms with Crippen molar-refractivity contribution in [1.82, 2.24) is 5.32 Å². The zero-order valence-corrected chi connectivity index (χ0v) is 13.5. The monoisotopic (exact) mass is 325 g/mol. The SMILES string of the molecule is CO[C@H]1O[C@H](CO)[C@@H](O)[C@H](O)[C@H]1NCCCCc1ccccc1. The van der Waals surface area contributed by atoms with Gasteiger partial charge in [0.05, 0.1) is 12.6 Å². The summed E-state index contributed by atoms with van der Waals surface area (Å²) in [7, 11) is 1.48. The summed E-state index contributed by atoms with van der Waals surface area (Å²) in [5.41, 5.74) is 1.31. The molecule has 0 saturated carbocycles. The Morgan fingerprint density at radius 1 is 1.13 bits per heavy atom.